The van der Waals surface area contributed by atoms with Gasteiger partial charge in [0.15, 0.2) is 0 Å². The Morgan fingerprint density at radius 2 is 1.79 bits per heavy atom. The Morgan fingerprint density at radius 1 is 1.04 bits per heavy atom. The van der Waals surface area contributed by atoms with Crippen molar-refractivity contribution in [1.82, 2.24) is 0 Å². The van der Waals surface area contributed by atoms with Gasteiger partial charge in [0.2, 0.25) is 0 Å². The maximum Gasteiger partial charge on any atom is 0.323 e. The summed E-state index contributed by atoms with van der Waals surface area (Å²) in [6, 6.07) is 9.41. The molecule has 2 rings (SSSR count). The fourth-order valence-electron chi connectivity index (χ4n) is 2.09. The van der Waals surface area contributed by atoms with E-state index in [1.54, 1.807) is 36.4 Å². The van der Waals surface area contributed by atoms with Crippen LogP contribution in [0.15, 0.2) is 36.4 Å². The molecule has 0 unspecified atom stereocenters. The molecule has 0 aliphatic carbocycles. The van der Waals surface area contributed by atoms with Gasteiger partial charge in [-0.3, -0.25) is 0 Å². The van der Waals surface area contributed by atoms with E-state index in [0.29, 0.717) is 39.2 Å². The van der Waals surface area contributed by atoms with Crippen molar-refractivity contribution in [2.75, 3.05) is 29.1 Å². The Hall–Kier alpha value is -1.99. The molecule has 0 saturated heterocycles. The summed E-state index contributed by atoms with van der Waals surface area (Å²) >= 11 is 12.0. The van der Waals surface area contributed by atoms with E-state index in [1.165, 1.54) is 0 Å². The topological polar surface area (TPSA) is 93.6 Å². The van der Waals surface area contributed by atoms with Crippen LogP contribution in [0.3, 0.4) is 0 Å². The lowest BCUT2D eigenvalue weighted by molar-refractivity contribution is 0.262. The van der Waals surface area contributed by atoms with Crippen molar-refractivity contribution in [3.63, 3.8) is 0 Å². The summed E-state index contributed by atoms with van der Waals surface area (Å²) in [6.45, 7) is 0.0600. The summed E-state index contributed by atoms with van der Waals surface area (Å²) in [7, 11) is 0. The van der Waals surface area contributed by atoms with Gasteiger partial charge in [-0.15, -0.1) is 0 Å². The van der Waals surface area contributed by atoms with Crippen LogP contribution in [0.5, 0.6) is 0 Å². The molecule has 2 amide bonds. The number of amides is 2. The fourth-order valence-corrected chi connectivity index (χ4v) is 2.55. The van der Waals surface area contributed by atoms with Crippen molar-refractivity contribution in [3.8, 4) is 0 Å². The predicted octanol–water partition coefficient (Wildman–Crippen LogP) is 3.53. The van der Waals surface area contributed by atoms with Crippen LogP contribution in [-0.4, -0.2) is 29.4 Å². The number of rotatable bonds is 6. The van der Waals surface area contributed by atoms with E-state index in [2.05, 4.69) is 16.0 Å². The first kappa shape index (κ1) is 18.4. The highest BCUT2D eigenvalue weighted by atomic mass is 35.5. The summed E-state index contributed by atoms with van der Waals surface area (Å²) in [5.41, 5.74) is 2.01. The van der Waals surface area contributed by atoms with Gasteiger partial charge in [-0.25, -0.2) is 4.79 Å². The molecule has 0 fully saturated rings. The third-order valence-corrected chi connectivity index (χ3v) is 3.69. The molecule has 0 spiro atoms. The number of aliphatic hydroxyl groups excluding tert-OH is 2. The van der Waals surface area contributed by atoms with Gasteiger partial charge in [-0.05, 0) is 30.3 Å². The quantitative estimate of drug-likeness (QED) is 0.538. The Labute approximate surface area is 149 Å². The van der Waals surface area contributed by atoms with Crippen molar-refractivity contribution in [3.05, 3.63) is 52.0 Å². The number of carbonyl (C=O) groups excluding carboxylic acids is 1. The Bertz CT molecular complexity index is 726. The largest absolute Gasteiger partial charge is 0.395 e. The number of carbonyl (C=O) groups is 1. The van der Waals surface area contributed by atoms with E-state index in [1.807, 2.05) is 0 Å². The molecule has 24 heavy (non-hydrogen) atoms. The van der Waals surface area contributed by atoms with E-state index in [0.717, 1.165) is 0 Å². The first-order chi connectivity index (χ1) is 11.5. The summed E-state index contributed by atoms with van der Waals surface area (Å²) in [5.74, 6) is 0. The minimum Gasteiger partial charge on any atom is -0.395 e. The van der Waals surface area contributed by atoms with Gasteiger partial charge in [0.25, 0.3) is 0 Å². The smallest absolute Gasteiger partial charge is 0.323 e. The summed E-state index contributed by atoms with van der Waals surface area (Å²) in [6.07, 6.45) is 0. The first-order valence-corrected chi connectivity index (χ1v) is 7.90. The zero-order chi connectivity index (χ0) is 17.5. The molecular formula is C16H17Cl2N3O3. The minimum absolute atomic E-state index is 0.0194. The first-order valence-electron chi connectivity index (χ1n) is 7.15. The number of nitrogens with one attached hydrogen (secondary N) is 3. The number of halogens is 2. The number of benzene rings is 2. The SMILES string of the molecule is O=C(Nc1cc(Cl)cc(NCCO)c1)Nc1cccc(Cl)c1CO. The molecule has 8 heteroatoms. The van der Waals surface area contributed by atoms with Gasteiger partial charge in [-0.2, -0.15) is 0 Å². The second-order valence-corrected chi connectivity index (χ2v) is 5.73. The van der Waals surface area contributed by atoms with Gasteiger partial charge in [0.1, 0.15) is 0 Å². The number of urea groups is 1. The standard InChI is InChI=1S/C16H17Cl2N3O3/c17-10-6-11(19-4-5-22)8-12(7-10)20-16(24)21-15-3-1-2-14(18)13(15)9-23/h1-3,6-8,19,22-23H,4-5,9H2,(H2,20,21,24). The van der Waals surface area contributed by atoms with Crippen LogP contribution >= 0.6 is 23.2 Å². The zero-order valence-electron chi connectivity index (χ0n) is 12.6. The molecule has 0 saturated carbocycles. The highest BCUT2D eigenvalue weighted by Gasteiger charge is 2.10. The number of hydrogen-bond acceptors (Lipinski definition) is 4. The van der Waals surface area contributed by atoms with Gasteiger partial charge < -0.3 is 26.2 Å². The van der Waals surface area contributed by atoms with Crippen molar-refractivity contribution < 1.29 is 15.0 Å². The molecule has 0 heterocycles. The summed E-state index contributed by atoms with van der Waals surface area (Å²) in [4.78, 5) is 12.1. The highest BCUT2D eigenvalue weighted by Crippen LogP contribution is 2.25. The molecule has 0 aliphatic rings. The van der Waals surface area contributed by atoms with Crippen molar-refractivity contribution in [1.29, 1.82) is 0 Å². The molecule has 2 aromatic carbocycles. The number of hydrogen-bond donors (Lipinski definition) is 5. The Kier molecular flexibility index (Phi) is 6.69. The molecule has 128 valence electrons. The van der Waals surface area contributed by atoms with E-state index >= 15 is 0 Å². The van der Waals surface area contributed by atoms with Crippen molar-refractivity contribution >= 4 is 46.3 Å². The van der Waals surface area contributed by atoms with Crippen LogP contribution in [-0.2, 0) is 6.61 Å². The highest BCUT2D eigenvalue weighted by molar-refractivity contribution is 6.32. The van der Waals surface area contributed by atoms with E-state index < -0.39 is 6.03 Å². The Balaban J connectivity index is 2.10. The fraction of sp³-hybridized carbons (Fsp3) is 0.188. The molecule has 5 N–H and O–H groups in total. The zero-order valence-corrected chi connectivity index (χ0v) is 14.2. The van der Waals surface area contributed by atoms with Crippen LogP contribution < -0.4 is 16.0 Å². The monoisotopic (exact) mass is 369 g/mol. The van der Waals surface area contributed by atoms with Gasteiger partial charge in [0, 0.05) is 39.2 Å². The van der Waals surface area contributed by atoms with E-state index in [4.69, 9.17) is 28.3 Å². The number of aliphatic hydroxyl groups is 2. The average molecular weight is 370 g/mol. The van der Waals surface area contributed by atoms with Crippen molar-refractivity contribution in [2.45, 2.75) is 6.61 Å². The molecule has 0 atom stereocenters. The third-order valence-electron chi connectivity index (χ3n) is 3.12. The van der Waals surface area contributed by atoms with Crippen LogP contribution in [0.4, 0.5) is 21.9 Å². The third kappa shape index (κ3) is 5.01. The molecule has 0 aliphatic heterocycles. The number of anilines is 3. The van der Waals surface area contributed by atoms with Crippen LogP contribution in [0.25, 0.3) is 0 Å². The average Bonchev–Trinajstić information content (AvgIpc) is 2.52. The lowest BCUT2D eigenvalue weighted by atomic mass is 10.2. The van der Waals surface area contributed by atoms with Gasteiger partial charge in [0.05, 0.1) is 13.2 Å². The minimum atomic E-state index is -0.498. The molecular weight excluding hydrogens is 353 g/mol. The van der Waals surface area contributed by atoms with Crippen LogP contribution in [0.1, 0.15) is 5.56 Å². The second kappa shape index (κ2) is 8.75. The Morgan fingerprint density at radius 3 is 2.50 bits per heavy atom. The maximum atomic E-state index is 12.1. The van der Waals surface area contributed by atoms with Gasteiger partial charge >= 0.3 is 6.03 Å². The lowest BCUT2D eigenvalue weighted by Gasteiger charge is -2.13. The predicted molar refractivity (Wildman–Crippen MR) is 97.0 cm³/mol. The molecule has 2 aromatic rings. The molecule has 0 radical (unpaired) electrons. The van der Waals surface area contributed by atoms with Crippen LogP contribution in [0.2, 0.25) is 10.0 Å². The lowest BCUT2D eigenvalue weighted by Crippen LogP contribution is -2.20. The molecule has 0 bridgehead atoms. The second-order valence-electron chi connectivity index (χ2n) is 4.88. The van der Waals surface area contributed by atoms with E-state index in [9.17, 15) is 9.90 Å². The maximum absolute atomic E-state index is 12.1. The molecule has 6 nitrogen and oxygen atoms in total. The van der Waals surface area contributed by atoms with Gasteiger partial charge in [-0.1, -0.05) is 29.3 Å². The molecule has 0 aromatic heterocycles. The van der Waals surface area contributed by atoms with E-state index in [-0.39, 0.29) is 13.2 Å². The van der Waals surface area contributed by atoms with Crippen molar-refractivity contribution in [2.24, 2.45) is 0 Å². The normalized spacial score (nSPS) is 10.3. The van der Waals surface area contributed by atoms with Crippen LogP contribution in [0, 0.1) is 0 Å². The summed E-state index contributed by atoms with van der Waals surface area (Å²) in [5, 5.41) is 27.3. The summed E-state index contributed by atoms with van der Waals surface area (Å²) < 4.78 is 0.